The van der Waals surface area contributed by atoms with Crippen LogP contribution in [-0.2, 0) is 4.74 Å². The van der Waals surface area contributed by atoms with E-state index < -0.39 is 0 Å². The first-order valence-electron chi connectivity index (χ1n) is 14.3. The first-order chi connectivity index (χ1) is 15.7. The topological polar surface area (TPSA) is 38.3 Å². The second-order valence-corrected chi connectivity index (χ2v) is 13.1. The largest absolute Gasteiger partial charge is 0.446 e. The van der Waals surface area contributed by atoms with Crippen molar-refractivity contribution in [3.8, 4) is 0 Å². The fraction of sp³-hybridized carbons (Fsp3) is 0.900. The molecule has 1 N–H and O–H groups in total. The van der Waals surface area contributed by atoms with Crippen LogP contribution in [0.1, 0.15) is 112 Å². The lowest BCUT2D eigenvalue weighted by molar-refractivity contribution is -0.0581. The van der Waals surface area contributed by atoms with Gasteiger partial charge in [0.25, 0.3) is 0 Å². The Morgan fingerprint density at radius 1 is 1.09 bits per heavy atom. The predicted octanol–water partition coefficient (Wildman–Crippen LogP) is 8.14. The van der Waals surface area contributed by atoms with Gasteiger partial charge in [-0.15, -0.1) is 0 Å². The van der Waals surface area contributed by atoms with Crippen molar-refractivity contribution in [2.45, 2.75) is 118 Å². The standard InChI is InChI=1S/C30H51NO2/c1-7-31-28(32)33-23-15-17-29(5)22(19-23)11-12-24-26-14-13-25(21(4)10-8-9-20(2)3)30(26,6)18-16-27(24)29/h11,20-21,23-27H,7-10,12-19H2,1-6H3,(H,31,32)/t21-,23+,24+,25-,26+,27+,29+,30-/m1/s1. The summed E-state index contributed by atoms with van der Waals surface area (Å²) in [4.78, 5) is 12.0. The van der Waals surface area contributed by atoms with Crippen LogP contribution in [0, 0.1) is 46.3 Å². The summed E-state index contributed by atoms with van der Waals surface area (Å²) in [6.45, 7) is 15.1. The maximum atomic E-state index is 12.0. The molecule has 0 heterocycles. The number of amides is 1. The van der Waals surface area contributed by atoms with Crippen molar-refractivity contribution in [1.29, 1.82) is 0 Å². The average Bonchev–Trinajstić information content (AvgIpc) is 3.11. The number of hydrogen-bond acceptors (Lipinski definition) is 2. The molecule has 0 aliphatic heterocycles. The quantitative estimate of drug-likeness (QED) is 0.392. The highest BCUT2D eigenvalue weighted by Gasteiger charge is 2.59. The first kappa shape index (κ1) is 25.1. The summed E-state index contributed by atoms with van der Waals surface area (Å²) in [6, 6.07) is 0. The summed E-state index contributed by atoms with van der Waals surface area (Å²) in [5.41, 5.74) is 2.48. The van der Waals surface area contributed by atoms with E-state index >= 15 is 0 Å². The van der Waals surface area contributed by atoms with Crippen molar-refractivity contribution >= 4 is 6.09 Å². The van der Waals surface area contributed by atoms with Crippen LogP contribution in [0.5, 0.6) is 0 Å². The maximum absolute atomic E-state index is 12.0. The van der Waals surface area contributed by atoms with Crippen LogP contribution < -0.4 is 5.32 Å². The molecule has 188 valence electrons. The van der Waals surface area contributed by atoms with Gasteiger partial charge >= 0.3 is 6.09 Å². The van der Waals surface area contributed by atoms with Gasteiger partial charge in [0, 0.05) is 13.0 Å². The maximum Gasteiger partial charge on any atom is 0.407 e. The molecule has 0 bridgehead atoms. The number of hydrogen-bond donors (Lipinski definition) is 1. The summed E-state index contributed by atoms with van der Waals surface area (Å²) in [6.07, 6.45) is 16.8. The zero-order chi connectivity index (χ0) is 23.8. The molecule has 0 saturated heterocycles. The number of allylic oxidation sites excluding steroid dienone is 1. The van der Waals surface area contributed by atoms with Gasteiger partial charge in [0.15, 0.2) is 0 Å². The van der Waals surface area contributed by atoms with Crippen LogP contribution in [0.25, 0.3) is 0 Å². The molecule has 8 atom stereocenters. The third kappa shape index (κ3) is 4.76. The van der Waals surface area contributed by atoms with Crippen LogP contribution in [0.15, 0.2) is 11.6 Å². The van der Waals surface area contributed by atoms with E-state index in [0.717, 1.165) is 48.3 Å². The Bertz CT molecular complexity index is 729. The minimum absolute atomic E-state index is 0.0591. The Balaban J connectivity index is 1.43. The predicted molar refractivity (Wildman–Crippen MR) is 137 cm³/mol. The smallest absolute Gasteiger partial charge is 0.407 e. The fourth-order valence-electron chi connectivity index (χ4n) is 9.09. The van der Waals surface area contributed by atoms with Crippen LogP contribution in [0.2, 0.25) is 0 Å². The lowest BCUT2D eigenvalue weighted by atomic mass is 9.47. The normalized spacial score (nSPS) is 40.9. The molecular formula is C30H51NO2. The van der Waals surface area contributed by atoms with Crippen LogP contribution in [-0.4, -0.2) is 18.7 Å². The Morgan fingerprint density at radius 3 is 2.61 bits per heavy atom. The van der Waals surface area contributed by atoms with Gasteiger partial charge in [-0.25, -0.2) is 4.79 Å². The monoisotopic (exact) mass is 457 g/mol. The second-order valence-electron chi connectivity index (χ2n) is 13.1. The molecule has 0 radical (unpaired) electrons. The molecule has 0 aromatic carbocycles. The number of carbonyl (C=O) groups excluding carboxylic acids is 1. The van der Waals surface area contributed by atoms with Crippen molar-refractivity contribution in [3.63, 3.8) is 0 Å². The SMILES string of the molecule is CCNC(=O)O[C@H]1CC[C@@]2(C)C(=CC[C@H]3[C@@H]4CC[C@H]([C@H](C)CCCC(C)C)[C@@]4(C)CC[C@@H]32)C1. The van der Waals surface area contributed by atoms with Gasteiger partial charge < -0.3 is 10.1 Å². The van der Waals surface area contributed by atoms with E-state index in [1.807, 2.05) is 6.92 Å². The molecule has 4 rings (SSSR count). The van der Waals surface area contributed by atoms with Crippen molar-refractivity contribution in [2.24, 2.45) is 46.3 Å². The lowest BCUT2D eigenvalue weighted by Crippen LogP contribution is -2.51. The van der Waals surface area contributed by atoms with E-state index in [2.05, 4.69) is 46.0 Å². The lowest BCUT2D eigenvalue weighted by Gasteiger charge is -2.58. The van der Waals surface area contributed by atoms with Crippen molar-refractivity contribution in [2.75, 3.05) is 6.54 Å². The van der Waals surface area contributed by atoms with Crippen molar-refractivity contribution in [3.05, 3.63) is 11.6 Å². The van der Waals surface area contributed by atoms with E-state index in [0.29, 0.717) is 17.4 Å². The Kier molecular flexibility index (Phi) is 7.56. The van der Waals surface area contributed by atoms with Crippen molar-refractivity contribution in [1.82, 2.24) is 5.32 Å². The molecule has 3 saturated carbocycles. The minimum Gasteiger partial charge on any atom is -0.446 e. The third-order valence-electron chi connectivity index (χ3n) is 10.9. The summed E-state index contributed by atoms with van der Waals surface area (Å²) >= 11 is 0. The van der Waals surface area contributed by atoms with Crippen LogP contribution >= 0.6 is 0 Å². The van der Waals surface area contributed by atoms with Gasteiger partial charge in [0.1, 0.15) is 6.10 Å². The molecule has 4 aliphatic rings. The van der Waals surface area contributed by atoms with Gasteiger partial charge in [-0.2, -0.15) is 0 Å². The zero-order valence-corrected chi connectivity index (χ0v) is 22.4. The molecule has 0 aromatic heterocycles. The highest BCUT2D eigenvalue weighted by atomic mass is 16.6. The molecule has 3 fully saturated rings. The van der Waals surface area contributed by atoms with Gasteiger partial charge in [0.2, 0.25) is 0 Å². The van der Waals surface area contributed by atoms with E-state index in [-0.39, 0.29) is 12.2 Å². The highest BCUT2D eigenvalue weighted by Crippen LogP contribution is 2.67. The number of nitrogens with one attached hydrogen (secondary N) is 1. The number of carbonyl (C=O) groups is 1. The van der Waals surface area contributed by atoms with E-state index in [4.69, 9.17) is 4.74 Å². The summed E-state index contributed by atoms with van der Waals surface area (Å²) in [7, 11) is 0. The summed E-state index contributed by atoms with van der Waals surface area (Å²) in [5.74, 6) is 5.25. The number of fused-ring (bicyclic) bond motifs is 5. The minimum atomic E-state index is -0.242. The molecular weight excluding hydrogens is 406 g/mol. The van der Waals surface area contributed by atoms with Crippen molar-refractivity contribution < 1.29 is 9.53 Å². The number of ether oxygens (including phenoxy) is 1. The van der Waals surface area contributed by atoms with Gasteiger partial charge in [-0.3, -0.25) is 0 Å². The van der Waals surface area contributed by atoms with E-state index in [1.54, 1.807) is 5.57 Å². The number of rotatable bonds is 7. The summed E-state index contributed by atoms with van der Waals surface area (Å²) < 4.78 is 5.74. The van der Waals surface area contributed by atoms with Crippen LogP contribution in [0.3, 0.4) is 0 Å². The van der Waals surface area contributed by atoms with Gasteiger partial charge in [0.05, 0.1) is 0 Å². The van der Waals surface area contributed by atoms with E-state index in [9.17, 15) is 4.79 Å². The molecule has 3 heteroatoms. The fourth-order valence-corrected chi connectivity index (χ4v) is 9.09. The summed E-state index contributed by atoms with van der Waals surface area (Å²) in [5, 5.41) is 2.80. The molecule has 0 spiro atoms. The second kappa shape index (κ2) is 9.94. The number of alkyl carbamates (subject to hydrolysis) is 1. The molecule has 33 heavy (non-hydrogen) atoms. The third-order valence-corrected chi connectivity index (χ3v) is 10.9. The molecule has 1 amide bonds. The van der Waals surface area contributed by atoms with Gasteiger partial charge in [-0.05, 0) is 98.2 Å². The Morgan fingerprint density at radius 2 is 1.88 bits per heavy atom. The molecule has 0 aromatic rings. The molecule has 4 aliphatic carbocycles. The van der Waals surface area contributed by atoms with Crippen LogP contribution in [0.4, 0.5) is 4.79 Å². The Hall–Kier alpha value is -0.990. The van der Waals surface area contributed by atoms with E-state index in [1.165, 1.54) is 57.8 Å². The highest BCUT2D eigenvalue weighted by molar-refractivity contribution is 5.67. The van der Waals surface area contributed by atoms with Gasteiger partial charge in [-0.1, -0.05) is 65.5 Å². The molecule has 3 nitrogen and oxygen atoms in total. The Labute approximate surface area is 203 Å². The zero-order valence-electron chi connectivity index (χ0n) is 22.4. The average molecular weight is 458 g/mol. The first-order valence-corrected chi connectivity index (χ1v) is 14.3. The molecule has 0 unspecified atom stereocenters.